The summed E-state index contributed by atoms with van der Waals surface area (Å²) in [7, 11) is 0. The zero-order valence-corrected chi connectivity index (χ0v) is 10.2. The van der Waals surface area contributed by atoms with Gasteiger partial charge in [-0.05, 0) is 50.0 Å². The predicted octanol–water partition coefficient (Wildman–Crippen LogP) is 2.44. The van der Waals surface area contributed by atoms with E-state index in [2.05, 4.69) is 17.0 Å². The first-order chi connectivity index (χ1) is 8.42. The normalized spacial score (nSPS) is 19.5. The van der Waals surface area contributed by atoms with Crippen LogP contribution in [0.5, 0.6) is 11.5 Å². The van der Waals surface area contributed by atoms with E-state index in [4.69, 9.17) is 9.47 Å². The van der Waals surface area contributed by atoms with Crippen LogP contribution in [0.25, 0.3) is 0 Å². The van der Waals surface area contributed by atoms with Crippen LogP contribution in [0.2, 0.25) is 0 Å². The molecule has 0 saturated carbocycles. The second kappa shape index (κ2) is 4.96. The fourth-order valence-corrected chi connectivity index (χ4v) is 2.57. The minimum atomic E-state index is 0.366. The maximum atomic E-state index is 5.40. The quantitative estimate of drug-likeness (QED) is 0.800. The van der Waals surface area contributed by atoms with Gasteiger partial charge in [-0.2, -0.15) is 0 Å². The molecular weight excluding hydrogens is 214 g/mol. The van der Waals surface area contributed by atoms with E-state index in [-0.39, 0.29) is 0 Å². The number of hydrogen-bond acceptors (Lipinski definition) is 3. The van der Waals surface area contributed by atoms with E-state index in [1.807, 2.05) is 6.07 Å². The molecule has 0 spiro atoms. The molecule has 0 unspecified atom stereocenters. The van der Waals surface area contributed by atoms with Gasteiger partial charge in [0.05, 0.1) is 0 Å². The lowest BCUT2D eigenvalue weighted by Gasteiger charge is -2.26. The minimum Gasteiger partial charge on any atom is -0.454 e. The van der Waals surface area contributed by atoms with Crippen LogP contribution in [0.4, 0.5) is 0 Å². The molecule has 1 saturated heterocycles. The molecular formula is C14H19NO2. The number of benzene rings is 1. The first-order valence-corrected chi connectivity index (χ1v) is 6.53. The highest BCUT2D eigenvalue weighted by Crippen LogP contribution is 2.32. The van der Waals surface area contributed by atoms with Gasteiger partial charge < -0.3 is 14.4 Å². The molecule has 3 nitrogen and oxygen atoms in total. The van der Waals surface area contributed by atoms with Crippen molar-refractivity contribution in [2.24, 2.45) is 0 Å². The third kappa shape index (κ3) is 2.55. The molecule has 2 heterocycles. The van der Waals surface area contributed by atoms with Gasteiger partial charge in [0.2, 0.25) is 6.79 Å². The summed E-state index contributed by atoms with van der Waals surface area (Å²) in [5, 5.41) is 0. The Bertz CT molecular complexity index is 386. The number of rotatable bonds is 3. The third-order valence-corrected chi connectivity index (χ3v) is 3.60. The standard InChI is InChI=1S/C14H19NO2/c1-2-7-15(8-3-1)9-6-12-4-5-13-14(10-12)17-11-16-13/h4-5,10H,1-3,6-9,11H2. The van der Waals surface area contributed by atoms with Crippen LogP contribution in [0.15, 0.2) is 18.2 Å². The molecule has 3 heteroatoms. The van der Waals surface area contributed by atoms with Crippen molar-refractivity contribution in [1.82, 2.24) is 4.90 Å². The van der Waals surface area contributed by atoms with Crippen molar-refractivity contribution < 1.29 is 9.47 Å². The fourth-order valence-electron chi connectivity index (χ4n) is 2.57. The second-order valence-corrected chi connectivity index (χ2v) is 4.84. The van der Waals surface area contributed by atoms with Crippen molar-refractivity contribution in [3.05, 3.63) is 23.8 Å². The Morgan fingerprint density at radius 1 is 1.00 bits per heavy atom. The van der Waals surface area contributed by atoms with Gasteiger partial charge in [-0.3, -0.25) is 0 Å². The smallest absolute Gasteiger partial charge is 0.231 e. The molecule has 0 aromatic heterocycles. The number of likely N-dealkylation sites (tertiary alicyclic amines) is 1. The van der Waals surface area contributed by atoms with E-state index in [0.717, 1.165) is 17.9 Å². The van der Waals surface area contributed by atoms with Crippen LogP contribution in [-0.2, 0) is 6.42 Å². The Morgan fingerprint density at radius 3 is 2.71 bits per heavy atom. The Morgan fingerprint density at radius 2 is 1.82 bits per heavy atom. The van der Waals surface area contributed by atoms with Crippen LogP contribution in [0.3, 0.4) is 0 Å². The molecule has 0 N–H and O–H groups in total. The van der Waals surface area contributed by atoms with Gasteiger partial charge in [-0.25, -0.2) is 0 Å². The average molecular weight is 233 g/mol. The van der Waals surface area contributed by atoms with Crippen LogP contribution >= 0.6 is 0 Å². The van der Waals surface area contributed by atoms with E-state index >= 15 is 0 Å². The monoisotopic (exact) mass is 233 g/mol. The summed E-state index contributed by atoms with van der Waals surface area (Å²) in [5.74, 6) is 1.79. The highest BCUT2D eigenvalue weighted by Gasteiger charge is 2.14. The van der Waals surface area contributed by atoms with Gasteiger partial charge in [0.25, 0.3) is 0 Å². The van der Waals surface area contributed by atoms with E-state index in [0.29, 0.717) is 6.79 Å². The average Bonchev–Trinajstić information content (AvgIpc) is 2.85. The molecule has 2 aliphatic heterocycles. The number of ether oxygens (including phenoxy) is 2. The molecule has 2 aliphatic rings. The van der Waals surface area contributed by atoms with Crippen molar-refractivity contribution in [3.63, 3.8) is 0 Å². The summed E-state index contributed by atoms with van der Waals surface area (Å²) in [6.07, 6.45) is 5.24. The molecule has 1 fully saturated rings. The maximum absolute atomic E-state index is 5.40. The summed E-state index contributed by atoms with van der Waals surface area (Å²) in [4.78, 5) is 2.56. The molecule has 0 atom stereocenters. The second-order valence-electron chi connectivity index (χ2n) is 4.84. The van der Waals surface area contributed by atoms with Crippen molar-refractivity contribution in [3.8, 4) is 11.5 Å². The van der Waals surface area contributed by atoms with Crippen LogP contribution in [0.1, 0.15) is 24.8 Å². The summed E-state index contributed by atoms with van der Waals surface area (Å²) >= 11 is 0. The lowest BCUT2D eigenvalue weighted by atomic mass is 10.1. The molecule has 1 aromatic carbocycles. The van der Waals surface area contributed by atoms with Crippen molar-refractivity contribution in [1.29, 1.82) is 0 Å². The minimum absolute atomic E-state index is 0.366. The molecule has 92 valence electrons. The summed E-state index contributed by atoms with van der Waals surface area (Å²) < 4.78 is 10.7. The van der Waals surface area contributed by atoms with E-state index < -0.39 is 0 Å². The van der Waals surface area contributed by atoms with Crippen LogP contribution in [-0.4, -0.2) is 31.3 Å². The highest BCUT2D eigenvalue weighted by atomic mass is 16.7. The maximum Gasteiger partial charge on any atom is 0.231 e. The summed E-state index contributed by atoms with van der Waals surface area (Å²) in [6, 6.07) is 6.29. The largest absolute Gasteiger partial charge is 0.454 e. The molecule has 1 aromatic rings. The Labute approximate surface area is 102 Å². The first-order valence-electron chi connectivity index (χ1n) is 6.53. The topological polar surface area (TPSA) is 21.7 Å². The van der Waals surface area contributed by atoms with Crippen molar-refractivity contribution >= 4 is 0 Å². The van der Waals surface area contributed by atoms with E-state index in [1.54, 1.807) is 0 Å². The SMILES string of the molecule is c1cc2c(cc1CCN1CCCCC1)OCO2. The van der Waals surface area contributed by atoms with Gasteiger partial charge in [-0.1, -0.05) is 12.5 Å². The molecule has 3 rings (SSSR count). The van der Waals surface area contributed by atoms with Gasteiger partial charge in [0.15, 0.2) is 11.5 Å². The Balaban J connectivity index is 1.57. The van der Waals surface area contributed by atoms with Gasteiger partial charge in [0, 0.05) is 6.54 Å². The van der Waals surface area contributed by atoms with Crippen LogP contribution in [0, 0.1) is 0 Å². The fraction of sp³-hybridized carbons (Fsp3) is 0.571. The molecule has 0 bridgehead atoms. The van der Waals surface area contributed by atoms with E-state index in [1.165, 1.54) is 44.5 Å². The molecule has 0 aliphatic carbocycles. The van der Waals surface area contributed by atoms with E-state index in [9.17, 15) is 0 Å². The zero-order valence-electron chi connectivity index (χ0n) is 10.2. The number of nitrogens with zero attached hydrogens (tertiary/aromatic N) is 1. The van der Waals surface area contributed by atoms with Crippen molar-refractivity contribution in [2.45, 2.75) is 25.7 Å². The lowest BCUT2D eigenvalue weighted by Crippen LogP contribution is -2.31. The first kappa shape index (κ1) is 10.9. The lowest BCUT2D eigenvalue weighted by molar-refractivity contribution is 0.174. The summed E-state index contributed by atoms with van der Waals surface area (Å²) in [6.45, 7) is 4.07. The number of hydrogen-bond donors (Lipinski definition) is 0. The third-order valence-electron chi connectivity index (χ3n) is 3.60. The molecule has 17 heavy (non-hydrogen) atoms. The van der Waals surface area contributed by atoms with Crippen LogP contribution < -0.4 is 9.47 Å². The predicted molar refractivity (Wildman–Crippen MR) is 66.6 cm³/mol. The number of fused-ring (bicyclic) bond motifs is 1. The Hall–Kier alpha value is -1.22. The van der Waals surface area contributed by atoms with Gasteiger partial charge in [0.1, 0.15) is 0 Å². The summed E-state index contributed by atoms with van der Waals surface area (Å²) in [5.41, 5.74) is 1.35. The molecule has 0 radical (unpaired) electrons. The number of piperidine rings is 1. The zero-order chi connectivity index (χ0) is 11.5. The highest BCUT2D eigenvalue weighted by molar-refractivity contribution is 5.44. The molecule has 0 amide bonds. The van der Waals surface area contributed by atoms with Gasteiger partial charge >= 0.3 is 0 Å². The Kier molecular flexibility index (Phi) is 3.18. The van der Waals surface area contributed by atoms with Gasteiger partial charge in [-0.15, -0.1) is 0 Å². The van der Waals surface area contributed by atoms with Crippen molar-refractivity contribution in [2.75, 3.05) is 26.4 Å².